The predicted molar refractivity (Wildman–Crippen MR) is 76.6 cm³/mol. The molecular formula is C15H20N2O3. The molecule has 2 rings (SSSR count). The normalized spacial score (nSPS) is 16.2. The monoisotopic (exact) mass is 276 g/mol. The Morgan fingerprint density at radius 1 is 1.50 bits per heavy atom. The van der Waals surface area contributed by atoms with E-state index in [1.165, 1.54) is 0 Å². The maximum atomic E-state index is 12.0. The first-order chi connectivity index (χ1) is 9.41. The summed E-state index contributed by atoms with van der Waals surface area (Å²) in [6.07, 6.45) is 1.80. The van der Waals surface area contributed by atoms with Gasteiger partial charge < -0.3 is 15.7 Å². The number of anilines is 1. The first-order valence-corrected chi connectivity index (χ1v) is 6.84. The number of nitrogens with one attached hydrogen (secondary N) is 2. The standard InChI is InChI=1S/C15H20N2O3/c1-3-6-15(2,20)9-16-14(19)10-4-5-12-11(7-10)8-13(18)17-12/h4-5,7,20H,3,6,8-9H2,1-2H3,(H,16,19)(H,17,18). The molecule has 0 radical (unpaired) electrons. The highest BCUT2D eigenvalue weighted by Gasteiger charge is 2.22. The minimum absolute atomic E-state index is 0.0524. The van der Waals surface area contributed by atoms with Crippen LogP contribution in [0.25, 0.3) is 0 Å². The lowest BCUT2D eigenvalue weighted by molar-refractivity contribution is -0.115. The second kappa shape index (κ2) is 5.63. The summed E-state index contributed by atoms with van der Waals surface area (Å²) < 4.78 is 0. The third-order valence-corrected chi connectivity index (χ3v) is 3.41. The smallest absolute Gasteiger partial charge is 0.251 e. The summed E-state index contributed by atoms with van der Waals surface area (Å²) in [4.78, 5) is 23.3. The van der Waals surface area contributed by atoms with Crippen LogP contribution in [0.3, 0.4) is 0 Å². The zero-order chi connectivity index (χ0) is 14.8. The lowest BCUT2D eigenvalue weighted by atomic mass is 10.0. The number of hydrogen-bond donors (Lipinski definition) is 3. The van der Waals surface area contributed by atoms with Crippen LogP contribution in [0.5, 0.6) is 0 Å². The summed E-state index contributed by atoms with van der Waals surface area (Å²) in [6.45, 7) is 3.91. The Morgan fingerprint density at radius 3 is 2.95 bits per heavy atom. The molecule has 2 amide bonds. The van der Waals surface area contributed by atoms with Gasteiger partial charge in [0.2, 0.25) is 5.91 Å². The number of rotatable bonds is 5. The Hall–Kier alpha value is -1.88. The van der Waals surface area contributed by atoms with Crippen LogP contribution in [0.1, 0.15) is 42.6 Å². The van der Waals surface area contributed by atoms with Gasteiger partial charge in [-0.2, -0.15) is 0 Å². The quantitative estimate of drug-likeness (QED) is 0.762. The number of benzene rings is 1. The SMILES string of the molecule is CCCC(C)(O)CNC(=O)c1ccc2c(c1)CC(=O)N2. The summed E-state index contributed by atoms with van der Waals surface area (Å²) in [5, 5.41) is 15.5. The Morgan fingerprint density at radius 2 is 2.25 bits per heavy atom. The number of carbonyl (C=O) groups excluding carboxylic acids is 2. The molecule has 0 fully saturated rings. The predicted octanol–water partition coefficient (Wildman–Crippen LogP) is 1.46. The number of fused-ring (bicyclic) bond motifs is 1. The van der Waals surface area contributed by atoms with Crippen molar-refractivity contribution < 1.29 is 14.7 Å². The molecule has 1 aromatic carbocycles. The molecule has 20 heavy (non-hydrogen) atoms. The Labute approximate surface area is 118 Å². The lowest BCUT2D eigenvalue weighted by Crippen LogP contribution is -2.40. The van der Waals surface area contributed by atoms with E-state index in [4.69, 9.17) is 0 Å². The molecule has 1 aliphatic rings. The van der Waals surface area contributed by atoms with Crippen molar-refractivity contribution in [2.75, 3.05) is 11.9 Å². The fourth-order valence-corrected chi connectivity index (χ4v) is 2.37. The molecule has 5 heteroatoms. The van der Waals surface area contributed by atoms with Gasteiger partial charge in [0.05, 0.1) is 12.0 Å². The Kier molecular flexibility index (Phi) is 4.09. The van der Waals surface area contributed by atoms with Gasteiger partial charge >= 0.3 is 0 Å². The Balaban J connectivity index is 2.00. The van der Waals surface area contributed by atoms with Gasteiger partial charge in [0, 0.05) is 17.8 Å². The van der Waals surface area contributed by atoms with Crippen LogP contribution < -0.4 is 10.6 Å². The van der Waals surface area contributed by atoms with E-state index in [2.05, 4.69) is 10.6 Å². The van der Waals surface area contributed by atoms with Crippen LogP contribution in [-0.4, -0.2) is 29.1 Å². The van der Waals surface area contributed by atoms with Crippen molar-refractivity contribution in [2.24, 2.45) is 0 Å². The second-order valence-corrected chi connectivity index (χ2v) is 5.53. The first kappa shape index (κ1) is 14.5. The highest BCUT2D eigenvalue weighted by molar-refractivity contribution is 6.01. The maximum absolute atomic E-state index is 12.0. The summed E-state index contributed by atoms with van der Waals surface area (Å²) in [5.41, 5.74) is 1.22. The second-order valence-electron chi connectivity index (χ2n) is 5.53. The minimum atomic E-state index is -0.890. The average Bonchev–Trinajstić information content (AvgIpc) is 2.75. The number of aliphatic hydroxyl groups is 1. The molecule has 0 bridgehead atoms. The van der Waals surface area contributed by atoms with Crippen LogP contribution in [0.2, 0.25) is 0 Å². The van der Waals surface area contributed by atoms with Crippen LogP contribution in [0, 0.1) is 0 Å². The summed E-state index contributed by atoms with van der Waals surface area (Å²) >= 11 is 0. The van der Waals surface area contributed by atoms with Gasteiger partial charge in [0.25, 0.3) is 5.91 Å². The van der Waals surface area contributed by atoms with E-state index in [0.29, 0.717) is 18.4 Å². The molecular weight excluding hydrogens is 256 g/mol. The molecule has 1 aliphatic heterocycles. The van der Waals surface area contributed by atoms with E-state index >= 15 is 0 Å². The molecule has 3 N–H and O–H groups in total. The topological polar surface area (TPSA) is 78.4 Å². The van der Waals surface area contributed by atoms with Crippen LogP contribution in [0.15, 0.2) is 18.2 Å². The summed E-state index contributed by atoms with van der Waals surface area (Å²) in [7, 11) is 0. The zero-order valence-electron chi connectivity index (χ0n) is 11.8. The van der Waals surface area contributed by atoms with Gasteiger partial charge in [0.1, 0.15) is 0 Å². The van der Waals surface area contributed by atoms with Crippen molar-refractivity contribution in [1.82, 2.24) is 5.32 Å². The maximum Gasteiger partial charge on any atom is 0.251 e. The van der Waals surface area contributed by atoms with Crippen molar-refractivity contribution in [1.29, 1.82) is 0 Å². The van der Waals surface area contributed by atoms with Gasteiger partial charge in [-0.1, -0.05) is 13.3 Å². The summed E-state index contributed by atoms with van der Waals surface area (Å²) in [5.74, 6) is -0.285. The van der Waals surface area contributed by atoms with Crippen molar-refractivity contribution in [3.05, 3.63) is 29.3 Å². The van der Waals surface area contributed by atoms with E-state index in [1.807, 2.05) is 6.92 Å². The van der Waals surface area contributed by atoms with Crippen molar-refractivity contribution in [3.8, 4) is 0 Å². The fraction of sp³-hybridized carbons (Fsp3) is 0.467. The molecule has 5 nitrogen and oxygen atoms in total. The average molecular weight is 276 g/mol. The van der Waals surface area contributed by atoms with E-state index in [9.17, 15) is 14.7 Å². The molecule has 1 aromatic rings. The van der Waals surface area contributed by atoms with E-state index < -0.39 is 5.60 Å². The largest absolute Gasteiger partial charge is 0.388 e. The molecule has 0 saturated carbocycles. The fourth-order valence-electron chi connectivity index (χ4n) is 2.37. The zero-order valence-corrected chi connectivity index (χ0v) is 11.8. The van der Waals surface area contributed by atoms with Crippen molar-refractivity contribution >= 4 is 17.5 Å². The third kappa shape index (κ3) is 3.36. The van der Waals surface area contributed by atoms with Gasteiger partial charge in [-0.05, 0) is 37.1 Å². The van der Waals surface area contributed by atoms with Crippen LogP contribution in [0.4, 0.5) is 5.69 Å². The van der Waals surface area contributed by atoms with Crippen molar-refractivity contribution in [2.45, 2.75) is 38.7 Å². The molecule has 1 unspecified atom stereocenters. The number of amides is 2. The number of carbonyl (C=O) groups is 2. The van der Waals surface area contributed by atoms with Gasteiger partial charge in [0.15, 0.2) is 0 Å². The molecule has 1 atom stereocenters. The highest BCUT2D eigenvalue weighted by atomic mass is 16.3. The minimum Gasteiger partial charge on any atom is -0.388 e. The molecule has 0 aliphatic carbocycles. The number of hydrogen-bond acceptors (Lipinski definition) is 3. The van der Waals surface area contributed by atoms with Crippen LogP contribution >= 0.6 is 0 Å². The molecule has 108 valence electrons. The van der Waals surface area contributed by atoms with Gasteiger partial charge in [-0.25, -0.2) is 0 Å². The van der Waals surface area contributed by atoms with E-state index in [-0.39, 0.29) is 18.4 Å². The highest BCUT2D eigenvalue weighted by Crippen LogP contribution is 2.23. The molecule has 0 aromatic heterocycles. The molecule has 0 saturated heterocycles. The first-order valence-electron chi connectivity index (χ1n) is 6.84. The third-order valence-electron chi connectivity index (χ3n) is 3.41. The molecule has 0 spiro atoms. The van der Waals surface area contributed by atoms with Crippen molar-refractivity contribution in [3.63, 3.8) is 0 Å². The summed E-state index contributed by atoms with van der Waals surface area (Å²) in [6, 6.07) is 5.13. The van der Waals surface area contributed by atoms with E-state index in [0.717, 1.165) is 17.7 Å². The van der Waals surface area contributed by atoms with E-state index in [1.54, 1.807) is 25.1 Å². The van der Waals surface area contributed by atoms with Gasteiger partial charge in [-0.3, -0.25) is 9.59 Å². The van der Waals surface area contributed by atoms with Crippen LogP contribution in [-0.2, 0) is 11.2 Å². The molecule has 1 heterocycles. The Bertz CT molecular complexity index is 538. The lowest BCUT2D eigenvalue weighted by Gasteiger charge is -2.22. The van der Waals surface area contributed by atoms with Gasteiger partial charge in [-0.15, -0.1) is 0 Å².